The summed E-state index contributed by atoms with van der Waals surface area (Å²) in [5, 5.41) is 11.4. The van der Waals surface area contributed by atoms with Gasteiger partial charge >= 0.3 is 5.97 Å². The van der Waals surface area contributed by atoms with Crippen LogP contribution >= 0.6 is 0 Å². The molecule has 112 valence electrons. The molecule has 0 saturated carbocycles. The van der Waals surface area contributed by atoms with Crippen LogP contribution in [0.2, 0.25) is 0 Å². The Bertz CT molecular complexity index is 242. The van der Waals surface area contributed by atoms with Gasteiger partial charge in [-0.3, -0.25) is 9.59 Å². The van der Waals surface area contributed by atoms with E-state index in [4.69, 9.17) is 5.11 Å². The molecule has 0 aliphatic rings. The van der Waals surface area contributed by atoms with E-state index in [2.05, 4.69) is 12.2 Å². The normalized spacial score (nSPS) is 10.4. The van der Waals surface area contributed by atoms with Crippen molar-refractivity contribution in [1.29, 1.82) is 0 Å². The Morgan fingerprint density at radius 2 is 1.42 bits per heavy atom. The number of carboxylic acids is 1. The molecule has 0 fully saturated rings. The Morgan fingerprint density at radius 1 is 0.842 bits per heavy atom. The van der Waals surface area contributed by atoms with Crippen molar-refractivity contribution in [3.63, 3.8) is 0 Å². The minimum absolute atomic E-state index is 0.133. The van der Waals surface area contributed by atoms with Crippen LogP contribution < -0.4 is 5.32 Å². The van der Waals surface area contributed by atoms with Crippen molar-refractivity contribution < 1.29 is 14.7 Å². The molecule has 4 heteroatoms. The number of hydrogen-bond acceptors (Lipinski definition) is 2. The second-order valence-electron chi connectivity index (χ2n) is 5.07. The number of carboxylic acid groups (broad SMARTS) is 1. The first-order valence-electron chi connectivity index (χ1n) is 7.65. The molecule has 0 aromatic carbocycles. The average Bonchev–Trinajstić information content (AvgIpc) is 2.37. The Balaban J connectivity index is 3.19. The Hall–Kier alpha value is -1.06. The van der Waals surface area contributed by atoms with Gasteiger partial charge in [-0.15, -0.1) is 0 Å². The molecule has 0 spiro atoms. The van der Waals surface area contributed by atoms with E-state index in [1.165, 1.54) is 25.7 Å². The molecule has 19 heavy (non-hydrogen) atoms. The zero-order chi connectivity index (χ0) is 14.3. The quantitative estimate of drug-likeness (QED) is 0.504. The lowest BCUT2D eigenvalue weighted by Gasteiger charge is -2.05. The molecule has 0 aliphatic carbocycles. The fraction of sp³-hybridized carbons (Fsp3) is 0.867. The molecule has 0 aliphatic heterocycles. The zero-order valence-corrected chi connectivity index (χ0v) is 12.2. The molecular formula is C15H29NO3. The summed E-state index contributed by atoms with van der Waals surface area (Å²) in [6.07, 6.45) is 10.3. The number of amides is 1. The number of aliphatic carboxylic acids is 1. The van der Waals surface area contributed by atoms with Crippen molar-refractivity contribution in [2.24, 2.45) is 0 Å². The first-order valence-corrected chi connectivity index (χ1v) is 7.65. The van der Waals surface area contributed by atoms with Crippen LogP contribution in [0.25, 0.3) is 0 Å². The van der Waals surface area contributed by atoms with E-state index in [9.17, 15) is 9.59 Å². The molecule has 0 bridgehead atoms. The summed E-state index contributed by atoms with van der Waals surface area (Å²) in [6, 6.07) is 0. The minimum Gasteiger partial charge on any atom is -0.481 e. The predicted molar refractivity (Wildman–Crippen MR) is 77.1 cm³/mol. The third-order valence-corrected chi connectivity index (χ3v) is 3.15. The molecule has 0 heterocycles. The van der Waals surface area contributed by atoms with E-state index in [-0.39, 0.29) is 12.3 Å². The van der Waals surface area contributed by atoms with Gasteiger partial charge in [0.05, 0.1) is 0 Å². The Morgan fingerprint density at radius 3 is 2.05 bits per heavy atom. The molecule has 2 N–H and O–H groups in total. The molecular weight excluding hydrogens is 242 g/mol. The minimum atomic E-state index is -0.735. The standard InChI is InChI=1S/C15H29NO3/c1-2-3-4-7-10-13-16-14(17)11-8-5-6-9-12-15(18)19/h2-13H2,1H3,(H,16,17)(H,18,19). The van der Waals surface area contributed by atoms with E-state index in [0.717, 1.165) is 32.2 Å². The van der Waals surface area contributed by atoms with Crippen LogP contribution in [0.1, 0.15) is 77.6 Å². The zero-order valence-electron chi connectivity index (χ0n) is 12.2. The van der Waals surface area contributed by atoms with Crippen LogP contribution in [-0.4, -0.2) is 23.5 Å². The molecule has 0 aromatic rings. The molecule has 0 saturated heterocycles. The first kappa shape index (κ1) is 17.9. The van der Waals surface area contributed by atoms with Gasteiger partial charge in [0.2, 0.25) is 5.91 Å². The van der Waals surface area contributed by atoms with Gasteiger partial charge in [0.1, 0.15) is 0 Å². The van der Waals surface area contributed by atoms with Crippen LogP contribution in [0.15, 0.2) is 0 Å². The number of hydrogen-bond donors (Lipinski definition) is 2. The fourth-order valence-corrected chi connectivity index (χ4v) is 1.96. The van der Waals surface area contributed by atoms with E-state index in [1.807, 2.05) is 0 Å². The van der Waals surface area contributed by atoms with Gasteiger partial charge < -0.3 is 10.4 Å². The smallest absolute Gasteiger partial charge is 0.303 e. The molecule has 0 radical (unpaired) electrons. The van der Waals surface area contributed by atoms with Crippen LogP contribution in [0.4, 0.5) is 0 Å². The van der Waals surface area contributed by atoms with Crippen LogP contribution in [-0.2, 0) is 9.59 Å². The average molecular weight is 271 g/mol. The highest BCUT2D eigenvalue weighted by Crippen LogP contribution is 2.05. The van der Waals surface area contributed by atoms with Gasteiger partial charge in [0.15, 0.2) is 0 Å². The summed E-state index contributed by atoms with van der Waals surface area (Å²) in [4.78, 5) is 21.8. The SMILES string of the molecule is CCCCCCCNC(=O)CCCCCCC(=O)O. The van der Waals surface area contributed by atoms with E-state index < -0.39 is 5.97 Å². The lowest BCUT2D eigenvalue weighted by Crippen LogP contribution is -2.23. The highest BCUT2D eigenvalue weighted by atomic mass is 16.4. The van der Waals surface area contributed by atoms with Gasteiger partial charge in [-0.2, -0.15) is 0 Å². The summed E-state index contributed by atoms with van der Waals surface area (Å²) in [5.74, 6) is -0.602. The first-order chi connectivity index (χ1) is 9.16. The van der Waals surface area contributed by atoms with E-state index >= 15 is 0 Å². The van der Waals surface area contributed by atoms with Gasteiger partial charge in [0, 0.05) is 19.4 Å². The second kappa shape index (κ2) is 13.4. The van der Waals surface area contributed by atoms with E-state index in [0.29, 0.717) is 12.8 Å². The highest BCUT2D eigenvalue weighted by molar-refractivity contribution is 5.75. The molecule has 0 rings (SSSR count). The summed E-state index contributed by atoms with van der Waals surface area (Å²) in [5.41, 5.74) is 0. The van der Waals surface area contributed by atoms with Gasteiger partial charge in [0.25, 0.3) is 0 Å². The fourth-order valence-electron chi connectivity index (χ4n) is 1.96. The van der Waals surface area contributed by atoms with Crippen LogP contribution in [0.5, 0.6) is 0 Å². The summed E-state index contributed by atoms with van der Waals surface area (Å²) in [7, 11) is 0. The Labute approximate surface area is 117 Å². The van der Waals surface area contributed by atoms with E-state index in [1.54, 1.807) is 0 Å². The monoisotopic (exact) mass is 271 g/mol. The number of rotatable bonds is 13. The lowest BCUT2D eigenvalue weighted by atomic mass is 10.1. The Kier molecular flexibility index (Phi) is 12.6. The molecule has 0 aromatic heterocycles. The summed E-state index contributed by atoms with van der Waals surface area (Å²) in [6.45, 7) is 2.99. The van der Waals surface area contributed by atoms with Crippen molar-refractivity contribution in [2.75, 3.05) is 6.54 Å². The van der Waals surface area contributed by atoms with Crippen molar-refractivity contribution in [1.82, 2.24) is 5.32 Å². The number of nitrogens with one attached hydrogen (secondary N) is 1. The number of carbonyl (C=O) groups excluding carboxylic acids is 1. The van der Waals surface area contributed by atoms with Gasteiger partial charge in [-0.1, -0.05) is 45.4 Å². The van der Waals surface area contributed by atoms with Crippen molar-refractivity contribution in [2.45, 2.75) is 77.6 Å². The topological polar surface area (TPSA) is 66.4 Å². The summed E-state index contributed by atoms with van der Waals surface area (Å²) < 4.78 is 0. The predicted octanol–water partition coefficient (Wildman–Crippen LogP) is 3.50. The maximum Gasteiger partial charge on any atom is 0.303 e. The largest absolute Gasteiger partial charge is 0.481 e. The van der Waals surface area contributed by atoms with Gasteiger partial charge in [-0.05, 0) is 19.3 Å². The van der Waals surface area contributed by atoms with Crippen LogP contribution in [0, 0.1) is 0 Å². The molecule has 4 nitrogen and oxygen atoms in total. The highest BCUT2D eigenvalue weighted by Gasteiger charge is 2.01. The van der Waals surface area contributed by atoms with Crippen molar-refractivity contribution in [3.8, 4) is 0 Å². The maximum atomic E-state index is 11.5. The summed E-state index contributed by atoms with van der Waals surface area (Å²) >= 11 is 0. The molecule has 1 amide bonds. The third-order valence-electron chi connectivity index (χ3n) is 3.15. The third kappa shape index (κ3) is 14.9. The van der Waals surface area contributed by atoms with Gasteiger partial charge in [-0.25, -0.2) is 0 Å². The van der Waals surface area contributed by atoms with Crippen LogP contribution in [0.3, 0.4) is 0 Å². The molecule has 0 unspecified atom stereocenters. The number of unbranched alkanes of at least 4 members (excludes halogenated alkanes) is 7. The second-order valence-corrected chi connectivity index (χ2v) is 5.07. The lowest BCUT2D eigenvalue weighted by molar-refractivity contribution is -0.137. The molecule has 0 atom stereocenters. The van der Waals surface area contributed by atoms with Crippen molar-refractivity contribution in [3.05, 3.63) is 0 Å². The van der Waals surface area contributed by atoms with Crippen molar-refractivity contribution >= 4 is 11.9 Å². The number of carbonyl (C=O) groups is 2. The maximum absolute atomic E-state index is 11.5.